The van der Waals surface area contributed by atoms with Gasteiger partial charge in [0.1, 0.15) is 0 Å². The largest absolute Gasteiger partial charge is 0.368 e. The summed E-state index contributed by atoms with van der Waals surface area (Å²) < 4.78 is 0.759. The van der Waals surface area contributed by atoms with Crippen molar-refractivity contribution >= 4 is 27.5 Å². The second-order valence-electron chi connectivity index (χ2n) is 4.95. The van der Waals surface area contributed by atoms with Gasteiger partial charge >= 0.3 is 0 Å². The molecule has 1 unspecified atom stereocenters. The highest BCUT2D eigenvalue weighted by Crippen LogP contribution is 2.30. The van der Waals surface area contributed by atoms with Gasteiger partial charge in [-0.15, -0.1) is 0 Å². The summed E-state index contributed by atoms with van der Waals surface area (Å²) >= 11 is 3.42. The van der Waals surface area contributed by atoms with E-state index in [9.17, 15) is 4.79 Å². The lowest BCUT2D eigenvalue weighted by Crippen LogP contribution is -2.40. The molecule has 1 fully saturated rings. The Morgan fingerprint density at radius 1 is 1.42 bits per heavy atom. The van der Waals surface area contributed by atoms with Crippen LogP contribution in [0.2, 0.25) is 0 Å². The molecule has 1 amide bonds. The Bertz CT molecular complexity index is 462. The van der Waals surface area contributed by atoms with Crippen molar-refractivity contribution < 1.29 is 4.79 Å². The topological polar surface area (TPSA) is 72.3 Å². The zero-order chi connectivity index (χ0) is 13.8. The van der Waals surface area contributed by atoms with Crippen molar-refractivity contribution in [3.05, 3.63) is 28.2 Å². The number of halogens is 1. The number of carbonyl (C=O) groups is 1. The maximum atomic E-state index is 11.2. The Balaban J connectivity index is 2.24. The molecule has 0 spiro atoms. The lowest BCUT2D eigenvalue weighted by atomic mass is 9.98. The number of rotatable bonds is 4. The van der Waals surface area contributed by atoms with Crippen molar-refractivity contribution in [1.82, 2.24) is 0 Å². The van der Waals surface area contributed by atoms with Gasteiger partial charge in [0.25, 0.3) is 0 Å². The Labute approximate surface area is 122 Å². The van der Waals surface area contributed by atoms with Crippen LogP contribution >= 0.6 is 15.9 Å². The summed E-state index contributed by atoms with van der Waals surface area (Å²) in [7, 11) is 0. The number of carbonyl (C=O) groups excluding carboxylic acids is 1. The monoisotopic (exact) mass is 325 g/mol. The maximum absolute atomic E-state index is 11.2. The minimum atomic E-state index is -0.407. The van der Waals surface area contributed by atoms with Crippen molar-refractivity contribution in [2.24, 2.45) is 11.5 Å². The summed E-state index contributed by atoms with van der Waals surface area (Å²) in [6, 6.07) is 6.25. The molecule has 19 heavy (non-hydrogen) atoms. The number of nitrogens with zero attached hydrogens (tertiary/aromatic N) is 1. The van der Waals surface area contributed by atoms with Crippen LogP contribution in [0.3, 0.4) is 0 Å². The van der Waals surface area contributed by atoms with Crippen molar-refractivity contribution in [2.45, 2.75) is 31.7 Å². The first kappa shape index (κ1) is 14.3. The predicted octanol–water partition coefficient (Wildman–Crippen LogP) is 2.26. The Morgan fingerprint density at radius 2 is 2.21 bits per heavy atom. The van der Waals surface area contributed by atoms with Crippen LogP contribution in [0.5, 0.6) is 0 Å². The Kier molecular flexibility index (Phi) is 4.82. The number of hydrogen-bond acceptors (Lipinski definition) is 3. The van der Waals surface area contributed by atoms with Crippen LogP contribution in [-0.4, -0.2) is 25.0 Å². The molecule has 1 atom stereocenters. The molecule has 1 aromatic rings. The SMILES string of the molecule is NCCC1CCCCN1c1ccc(C(N)=O)c(Br)c1. The molecule has 0 aromatic heterocycles. The summed E-state index contributed by atoms with van der Waals surface area (Å²) in [5, 5.41) is 0. The highest BCUT2D eigenvalue weighted by atomic mass is 79.9. The van der Waals surface area contributed by atoms with Crippen LogP contribution in [0.15, 0.2) is 22.7 Å². The molecular formula is C14H20BrN3O. The lowest BCUT2D eigenvalue weighted by Gasteiger charge is -2.37. The third-order valence-electron chi connectivity index (χ3n) is 3.68. The van der Waals surface area contributed by atoms with Gasteiger partial charge in [-0.25, -0.2) is 0 Å². The van der Waals surface area contributed by atoms with Crippen LogP contribution in [0.4, 0.5) is 5.69 Å². The van der Waals surface area contributed by atoms with E-state index in [-0.39, 0.29) is 0 Å². The lowest BCUT2D eigenvalue weighted by molar-refractivity contribution is 0.0999. The van der Waals surface area contributed by atoms with E-state index in [2.05, 4.69) is 20.8 Å². The predicted molar refractivity (Wildman–Crippen MR) is 81.3 cm³/mol. The zero-order valence-corrected chi connectivity index (χ0v) is 12.5. The van der Waals surface area contributed by atoms with E-state index in [0.29, 0.717) is 18.2 Å². The molecule has 0 aliphatic carbocycles. The standard InChI is InChI=1S/C14H20BrN3O/c15-13-9-11(4-5-12(13)14(17)19)18-8-2-1-3-10(18)6-7-16/h4-5,9-10H,1-3,6-8,16H2,(H2,17,19). The molecule has 5 heteroatoms. The highest BCUT2D eigenvalue weighted by Gasteiger charge is 2.22. The van der Waals surface area contributed by atoms with Crippen molar-refractivity contribution in [2.75, 3.05) is 18.0 Å². The van der Waals surface area contributed by atoms with Crippen LogP contribution in [0, 0.1) is 0 Å². The first-order chi connectivity index (χ1) is 9.13. The third kappa shape index (κ3) is 3.28. The minimum absolute atomic E-state index is 0.407. The molecule has 1 heterocycles. The summed E-state index contributed by atoms with van der Waals surface area (Å²) in [5.74, 6) is -0.407. The van der Waals surface area contributed by atoms with Gasteiger partial charge in [-0.05, 0) is 66.4 Å². The molecule has 1 aliphatic rings. The van der Waals surface area contributed by atoms with Gasteiger partial charge in [-0.1, -0.05) is 0 Å². The zero-order valence-electron chi connectivity index (χ0n) is 10.9. The molecular weight excluding hydrogens is 306 g/mol. The number of nitrogens with two attached hydrogens (primary N) is 2. The number of piperidine rings is 1. The van der Waals surface area contributed by atoms with Gasteiger partial charge in [0.05, 0.1) is 5.56 Å². The fourth-order valence-corrected chi connectivity index (χ4v) is 3.28. The van der Waals surface area contributed by atoms with Gasteiger partial charge in [0.2, 0.25) is 5.91 Å². The third-order valence-corrected chi connectivity index (χ3v) is 4.33. The molecule has 1 aromatic carbocycles. The summed E-state index contributed by atoms with van der Waals surface area (Å²) in [6.07, 6.45) is 4.67. The van der Waals surface area contributed by atoms with Gasteiger partial charge in [-0.3, -0.25) is 4.79 Å². The van der Waals surface area contributed by atoms with Crippen molar-refractivity contribution in [3.8, 4) is 0 Å². The van der Waals surface area contributed by atoms with E-state index < -0.39 is 5.91 Å². The highest BCUT2D eigenvalue weighted by molar-refractivity contribution is 9.10. The Hall–Kier alpha value is -1.07. The molecule has 0 bridgehead atoms. The van der Waals surface area contributed by atoms with E-state index in [0.717, 1.165) is 23.1 Å². The molecule has 1 aliphatic heterocycles. The number of amides is 1. The van der Waals surface area contributed by atoms with Gasteiger partial charge < -0.3 is 16.4 Å². The summed E-state index contributed by atoms with van der Waals surface area (Å²) in [5.41, 5.74) is 12.7. The van der Waals surface area contributed by atoms with E-state index >= 15 is 0 Å². The quantitative estimate of drug-likeness (QED) is 0.891. The molecule has 1 saturated heterocycles. The first-order valence-corrected chi connectivity index (χ1v) is 7.49. The van der Waals surface area contributed by atoms with E-state index in [1.165, 1.54) is 19.3 Å². The molecule has 2 rings (SSSR count). The fraction of sp³-hybridized carbons (Fsp3) is 0.500. The van der Waals surface area contributed by atoms with E-state index in [1.807, 2.05) is 12.1 Å². The van der Waals surface area contributed by atoms with Crippen molar-refractivity contribution in [3.63, 3.8) is 0 Å². The summed E-state index contributed by atoms with van der Waals surface area (Å²) in [6.45, 7) is 1.76. The van der Waals surface area contributed by atoms with Crippen LogP contribution in [-0.2, 0) is 0 Å². The number of benzene rings is 1. The average molecular weight is 326 g/mol. The second-order valence-corrected chi connectivity index (χ2v) is 5.80. The van der Waals surface area contributed by atoms with Gasteiger partial charge in [0.15, 0.2) is 0 Å². The van der Waals surface area contributed by atoms with Crippen LogP contribution in [0.25, 0.3) is 0 Å². The Morgan fingerprint density at radius 3 is 2.84 bits per heavy atom. The molecule has 4 N–H and O–H groups in total. The first-order valence-electron chi connectivity index (χ1n) is 6.69. The van der Waals surface area contributed by atoms with E-state index in [1.54, 1.807) is 6.07 Å². The van der Waals surface area contributed by atoms with Gasteiger partial charge in [0, 0.05) is 22.7 Å². The molecule has 104 valence electrons. The number of hydrogen-bond donors (Lipinski definition) is 2. The molecule has 0 saturated carbocycles. The summed E-state index contributed by atoms with van der Waals surface area (Å²) in [4.78, 5) is 13.6. The minimum Gasteiger partial charge on any atom is -0.368 e. The van der Waals surface area contributed by atoms with Crippen LogP contribution in [0.1, 0.15) is 36.0 Å². The number of primary amides is 1. The van der Waals surface area contributed by atoms with E-state index in [4.69, 9.17) is 11.5 Å². The fourth-order valence-electron chi connectivity index (χ4n) is 2.72. The molecule has 4 nitrogen and oxygen atoms in total. The average Bonchev–Trinajstić information content (AvgIpc) is 2.39. The van der Waals surface area contributed by atoms with Crippen LogP contribution < -0.4 is 16.4 Å². The normalized spacial score (nSPS) is 19.5. The second kappa shape index (κ2) is 6.39. The number of anilines is 1. The maximum Gasteiger partial charge on any atom is 0.249 e. The van der Waals surface area contributed by atoms with Gasteiger partial charge in [-0.2, -0.15) is 0 Å². The van der Waals surface area contributed by atoms with Crippen molar-refractivity contribution in [1.29, 1.82) is 0 Å². The molecule has 0 radical (unpaired) electrons. The smallest absolute Gasteiger partial charge is 0.249 e.